The first-order valence-electron chi connectivity index (χ1n) is 6.97. The Hall–Kier alpha value is -1.84. The molecule has 0 bridgehead atoms. The Morgan fingerprint density at radius 1 is 1.10 bits per heavy atom. The fourth-order valence-corrected chi connectivity index (χ4v) is 2.93. The number of rotatable bonds is 3. The fraction of sp³-hybridized carbons (Fsp3) is 0.235. The Balaban J connectivity index is 1.58. The first kappa shape index (κ1) is 12.9. The molecule has 0 saturated carbocycles. The molecule has 0 amide bonds. The van der Waals surface area contributed by atoms with Crippen molar-refractivity contribution in [2.45, 2.75) is 25.0 Å². The molecule has 0 fully saturated rings. The molecule has 4 heteroatoms. The van der Waals surface area contributed by atoms with E-state index in [1.165, 1.54) is 11.1 Å². The van der Waals surface area contributed by atoms with Crippen LogP contribution in [-0.2, 0) is 24.4 Å². The van der Waals surface area contributed by atoms with Crippen LogP contribution >= 0.6 is 11.6 Å². The third kappa shape index (κ3) is 2.43. The van der Waals surface area contributed by atoms with Crippen molar-refractivity contribution in [2.75, 3.05) is 0 Å². The van der Waals surface area contributed by atoms with Crippen molar-refractivity contribution in [1.82, 2.24) is 4.98 Å². The second kappa shape index (κ2) is 5.17. The quantitative estimate of drug-likeness (QED) is 0.673. The molecule has 0 spiro atoms. The minimum Gasteiger partial charge on any atom is -0.441 e. The molecule has 1 unspecified atom stereocenters. The van der Waals surface area contributed by atoms with E-state index in [4.69, 9.17) is 20.8 Å². The number of para-hydroxylation sites is 2. The van der Waals surface area contributed by atoms with Crippen LogP contribution in [0, 0.1) is 0 Å². The van der Waals surface area contributed by atoms with Crippen molar-refractivity contribution in [3.8, 4) is 0 Å². The predicted octanol–water partition coefficient (Wildman–Crippen LogP) is 4.38. The summed E-state index contributed by atoms with van der Waals surface area (Å²) in [6, 6.07) is 14.0. The van der Waals surface area contributed by atoms with E-state index in [-0.39, 0.29) is 5.38 Å². The Bertz CT molecular complexity index is 763. The number of fused-ring (bicyclic) bond motifs is 2. The van der Waals surface area contributed by atoms with Crippen LogP contribution in [0.1, 0.15) is 28.0 Å². The number of nitrogens with zero attached hydrogens (tertiary/aromatic N) is 1. The van der Waals surface area contributed by atoms with Gasteiger partial charge < -0.3 is 9.15 Å². The van der Waals surface area contributed by atoms with Gasteiger partial charge in [-0.15, -0.1) is 11.6 Å². The van der Waals surface area contributed by atoms with Gasteiger partial charge in [-0.1, -0.05) is 30.3 Å². The number of hydrogen-bond donors (Lipinski definition) is 0. The summed E-state index contributed by atoms with van der Waals surface area (Å²) in [7, 11) is 0. The summed E-state index contributed by atoms with van der Waals surface area (Å²) >= 11 is 6.53. The number of oxazole rings is 1. The van der Waals surface area contributed by atoms with Crippen LogP contribution in [0.3, 0.4) is 0 Å². The largest absolute Gasteiger partial charge is 0.441 e. The Kier molecular flexibility index (Phi) is 3.17. The highest BCUT2D eigenvalue weighted by Gasteiger charge is 2.17. The van der Waals surface area contributed by atoms with E-state index < -0.39 is 0 Å². The standard InChI is InChI=1S/C17H14ClNO2/c18-14(11-5-6-12-9-20-10-13(12)7-11)8-17-19-15-3-1-2-4-16(15)21-17/h1-7,14H,8-10H2. The molecule has 3 nitrogen and oxygen atoms in total. The Labute approximate surface area is 127 Å². The third-order valence-corrected chi connectivity index (χ3v) is 4.21. The summed E-state index contributed by atoms with van der Waals surface area (Å²) < 4.78 is 11.2. The Morgan fingerprint density at radius 2 is 1.95 bits per heavy atom. The first-order chi connectivity index (χ1) is 10.3. The molecule has 1 aliphatic heterocycles. The lowest BCUT2D eigenvalue weighted by Gasteiger charge is -2.09. The van der Waals surface area contributed by atoms with Crippen molar-refractivity contribution in [2.24, 2.45) is 0 Å². The molecule has 106 valence electrons. The lowest BCUT2D eigenvalue weighted by atomic mass is 10.0. The van der Waals surface area contributed by atoms with Crippen LogP contribution in [0.15, 0.2) is 46.9 Å². The second-order valence-electron chi connectivity index (χ2n) is 5.27. The van der Waals surface area contributed by atoms with Gasteiger partial charge in [0.1, 0.15) is 5.52 Å². The lowest BCUT2D eigenvalue weighted by Crippen LogP contribution is -1.97. The zero-order valence-corrected chi connectivity index (χ0v) is 12.1. The summed E-state index contributed by atoms with van der Waals surface area (Å²) in [6.07, 6.45) is 0.579. The number of ether oxygens (including phenoxy) is 1. The third-order valence-electron chi connectivity index (χ3n) is 3.80. The zero-order chi connectivity index (χ0) is 14.2. The van der Waals surface area contributed by atoms with E-state index in [0.717, 1.165) is 16.7 Å². The van der Waals surface area contributed by atoms with Gasteiger partial charge in [0, 0.05) is 6.42 Å². The van der Waals surface area contributed by atoms with Gasteiger partial charge in [-0.3, -0.25) is 0 Å². The molecule has 21 heavy (non-hydrogen) atoms. The van der Waals surface area contributed by atoms with Gasteiger partial charge in [0.15, 0.2) is 11.5 Å². The van der Waals surface area contributed by atoms with Gasteiger partial charge in [-0.2, -0.15) is 0 Å². The maximum atomic E-state index is 6.53. The monoisotopic (exact) mass is 299 g/mol. The summed E-state index contributed by atoms with van der Waals surface area (Å²) in [5, 5.41) is -0.149. The van der Waals surface area contributed by atoms with Crippen molar-refractivity contribution in [1.29, 1.82) is 0 Å². The van der Waals surface area contributed by atoms with Crippen LogP contribution < -0.4 is 0 Å². The van der Waals surface area contributed by atoms with E-state index in [2.05, 4.69) is 23.2 Å². The molecule has 1 atom stereocenters. The van der Waals surface area contributed by atoms with Crippen LogP contribution in [0.25, 0.3) is 11.1 Å². The van der Waals surface area contributed by atoms with Gasteiger partial charge in [0.2, 0.25) is 0 Å². The maximum absolute atomic E-state index is 6.53. The summed E-state index contributed by atoms with van der Waals surface area (Å²) in [5.41, 5.74) is 5.25. The summed E-state index contributed by atoms with van der Waals surface area (Å²) in [5.74, 6) is 0.674. The van der Waals surface area contributed by atoms with Gasteiger partial charge in [-0.25, -0.2) is 4.98 Å². The molecule has 2 aromatic carbocycles. The van der Waals surface area contributed by atoms with E-state index in [9.17, 15) is 0 Å². The van der Waals surface area contributed by atoms with Crippen molar-refractivity contribution >= 4 is 22.7 Å². The number of halogens is 1. The van der Waals surface area contributed by atoms with E-state index >= 15 is 0 Å². The highest BCUT2D eigenvalue weighted by atomic mass is 35.5. The fourth-order valence-electron chi connectivity index (χ4n) is 2.67. The van der Waals surface area contributed by atoms with Crippen LogP contribution in [0.5, 0.6) is 0 Å². The first-order valence-corrected chi connectivity index (χ1v) is 7.41. The Morgan fingerprint density at radius 3 is 2.86 bits per heavy atom. The van der Waals surface area contributed by atoms with E-state index in [1.807, 2.05) is 24.3 Å². The summed E-state index contributed by atoms with van der Waals surface area (Å²) in [6.45, 7) is 1.38. The van der Waals surface area contributed by atoms with Crippen molar-refractivity contribution < 1.29 is 9.15 Å². The summed E-state index contributed by atoms with van der Waals surface area (Å²) in [4.78, 5) is 4.47. The highest BCUT2D eigenvalue weighted by molar-refractivity contribution is 6.20. The smallest absolute Gasteiger partial charge is 0.197 e. The zero-order valence-electron chi connectivity index (χ0n) is 11.4. The van der Waals surface area contributed by atoms with Crippen LogP contribution in [-0.4, -0.2) is 4.98 Å². The molecule has 3 aromatic rings. The van der Waals surface area contributed by atoms with Crippen molar-refractivity contribution in [3.05, 3.63) is 65.0 Å². The number of alkyl halides is 1. The topological polar surface area (TPSA) is 35.3 Å². The molecule has 1 aromatic heterocycles. The highest BCUT2D eigenvalue weighted by Crippen LogP contribution is 2.30. The number of hydrogen-bond acceptors (Lipinski definition) is 3. The van der Waals surface area contributed by atoms with Gasteiger partial charge in [0.05, 0.1) is 18.6 Å². The minimum atomic E-state index is -0.149. The molecule has 2 heterocycles. The number of benzene rings is 2. The molecule has 0 saturated heterocycles. The average Bonchev–Trinajstić information content (AvgIpc) is 3.11. The predicted molar refractivity (Wildman–Crippen MR) is 81.2 cm³/mol. The van der Waals surface area contributed by atoms with Crippen LogP contribution in [0.4, 0.5) is 0 Å². The van der Waals surface area contributed by atoms with Crippen molar-refractivity contribution in [3.63, 3.8) is 0 Å². The van der Waals surface area contributed by atoms with Gasteiger partial charge in [-0.05, 0) is 28.8 Å². The molecule has 0 aliphatic carbocycles. The van der Waals surface area contributed by atoms with Crippen LogP contribution in [0.2, 0.25) is 0 Å². The average molecular weight is 300 g/mol. The normalized spacial score (nSPS) is 15.3. The van der Waals surface area contributed by atoms with Gasteiger partial charge in [0.25, 0.3) is 0 Å². The molecular weight excluding hydrogens is 286 g/mol. The van der Waals surface area contributed by atoms with E-state index in [0.29, 0.717) is 25.5 Å². The minimum absolute atomic E-state index is 0.149. The lowest BCUT2D eigenvalue weighted by molar-refractivity contribution is 0.134. The van der Waals surface area contributed by atoms with E-state index in [1.54, 1.807) is 0 Å². The molecule has 0 radical (unpaired) electrons. The molecule has 1 aliphatic rings. The molecule has 0 N–H and O–H groups in total. The molecule has 4 rings (SSSR count). The second-order valence-corrected chi connectivity index (χ2v) is 5.79. The SMILES string of the molecule is ClC(Cc1nc2ccccc2o1)c1ccc2c(c1)COC2. The molecular formula is C17H14ClNO2. The van der Waals surface area contributed by atoms with Gasteiger partial charge >= 0.3 is 0 Å². The maximum Gasteiger partial charge on any atom is 0.197 e. The number of aromatic nitrogens is 1.